The van der Waals surface area contributed by atoms with Crippen LogP contribution in [0.1, 0.15) is 26.1 Å². The summed E-state index contributed by atoms with van der Waals surface area (Å²) < 4.78 is 5.27. The molecule has 11 heteroatoms. The number of aromatic nitrogens is 2. The maximum atomic E-state index is 12.7. The van der Waals surface area contributed by atoms with Crippen LogP contribution in [0, 0.1) is 11.8 Å². The zero-order chi connectivity index (χ0) is 24.6. The van der Waals surface area contributed by atoms with Crippen LogP contribution in [0.3, 0.4) is 0 Å². The summed E-state index contributed by atoms with van der Waals surface area (Å²) in [5.41, 5.74) is -0.0139. The number of aliphatic hydroxyl groups excluding tert-OH is 1. The van der Waals surface area contributed by atoms with E-state index in [1.165, 1.54) is 22.7 Å². The molecule has 34 heavy (non-hydrogen) atoms. The molecule has 0 radical (unpaired) electrons. The van der Waals surface area contributed by atoms with Crippen molar-refractivity contribution >= 4 is 29.7 Å². The second kappa shape index (κ2) is 9.75. The highest BCUT2D eigenvalue weighted by molar-refractivity contribution is 8.03. The van der Waals surface area contributed by atoms with Crippen molar-refractivity contribution in [2.24, 2.45) is 11.8 Å². The van der Waals surface area contributed by atoms with Gasteiger partial charge in [-0.3, -0.25) is 4.79 Å². The number of fused-ring (bicyclic) bond motifs is 1. The van der Waals surface area contributed by atoms with Gasteiger partial charge in [0.15, 0.2) is 0 Å². The van der Waals surface area contributed by atoms with Crippen LogP contribution in [0.25, 0.3) is 0 Å². The summed E-state index contributed by atoms with van der Waals surface area (Å²) >= 11 is 1.39. The fourth-order valence-corrected chi connectivity index (χ4v) is 6.66. The number of rotatable bonds is 8. The lowest BCUT2D eigenvalue weighted by Crippen LogP contribution is -2.63. The minimum absolute atomic E-state index is 0.0139. The van der Waals surface area contributed by atoms with Crippen molar-refractivity contribution in [1.29, 1.82) is 0 Å². The fraction of sp³-hybridized carbons (Fsp3) is 0.522. The van der Waals surface area contributed by atoms with Crippen LogP contribution >= 0.6 is 11.8 Å². The van der Waals surface area contributed by atoms with Gasteiger partial charge in [0.05, 0.1) is 18.1 Å². The van der Waals surface area contributed by atoms with E-state index < -0.39 is 24.1 Å². The van der Waals surface area contributed by atoms with Crippen LogP contribution in [-0.4, -0.2) is 84.5 Å². The first-order chi connectivity index (χ1) is 16.2. The molecule has 2 amide bonds. The molecule has 0 aliphatic carbocycles. The SMILES string of the molecule is C=CCOC(=O)N1C[C@@H](SC2=C(C(=O)O)N3C(=O)[C@H]([C@@H](C)O)[C@H]3[C@H]2C)C[C@@H]1Cc1ncccn1. The van der Waals surface area contributed by atoms with Crippen LogP contribution in [0.4, 0.5) is 4.79 Å². The summed E-state index contributed by atoms with van der Waals surface area (Å²) in [6, 6.07) is 1.14. The molecule has 6 atom stereocenters. The van der Waals surface area contributed by atoms with Gasteiger partial charge in [0.25, 0.3) is 0 Å². The summed E-state index contributed by atoms with van der Waals surface area (Å²) in [5, 5.41) is 19.8. The smallest absolute Gasteiger partial charge is 0.410 e. The van der Waals surface area contributed by atoms with Gasteiger partial charge in [-0.15, -0.1) is 11.8 Å². The van der Waals surface area contributed by atoms with Gasteiger partial charge in [0.1, 0.15) is 18.1 Å². The third-order valence-corrected chi connectivity index (χ3v) is 8.07. The van der Waals surface area contributed by atoms with Crippen molar-refractivity contribution in [2.75, 3.05) is 13.2 Å². The number of carboxylic acid groups (broad SMARTS) is 1. The second-order valence-corrected chi connectivity index (χ2v) is 10.1. The van der Waals surface area contributed by atoms with Crippen molar-refractivity contribution < 1.29 is 29.3 Å². The van der Waals surface area contributed by atoms with Crippen LogP contribution in [-0.2, 0) is 20.7 Å². The van der Waals surface area contributed by atoms with Crippen LogP contribution in [0.15, 0.2) is 41.7 Å². The average Bonchev–Trinajstić information content (AvgIpc) is 3.29. The van der Waals surface area contributed by atoms with Crippen LogP contribution < -0.4 is 0 Å². The van der Waals surface area contributed by atoms with E-state index >= 15 is 0 Å². The molecule has 1 aromatic rings. The molecule has 1 aromatic heterocycles. The molecule has 3 aliphatic rings. The number of carbonyl (C=O) groups excluding carboxylic acids is 2. The molecule has 2 fully saturated rings. The Morgan fingerprint density at radius 3 is 2.71 bits per heavy atom. The summed E-state index contributed by atoms with van der Waals surface area (Å²) in [4.78, 5) is 49.5. The number of carboxylic acids is 1. The van der Waals surface area contributed by atoms with Gasteiger partial charge in [0.2, 0.25) is 5.91 Å². The summed E-state index contributed by atoms with van der Waals surface area (Å²) in [7, 11) is 0. The predicted molar refractivity (Wildman–Crippen MR) is 123 cm³/mol. The molecule has 2 saturated heterocycles. The Morgan fingerprint density at radius 2 is 2.09 bits per heavy atom. The molecular weight excluding hydrogens is 460 g/mol. The summed E-state index contributed by atoms with van der Waals surface area (Å²) in [6.07, 6.45) is 4.50. The van der Waals surface area contributed by atoms with Crippen LogP contribution in [0.2, 0.25) is 0 Å². The number of nitrogens with zero attached hydrogens (tertiary/aromatic N) is 4. The van der Waals surface area contributed by atoms with Crippen molar-refractivity contribution in [3.8, 4) is 0 Å². The van der Waals surface area contributed by atoms with E-state index in [1.54, 1.807) is 30.3 Å². The highest BCUT2D eigenvalue weighted by Gasteiger charge is 2.60. The van der Waals surface area contributed by atoms with E-state index in [1.807, 2.05) is 6.92 Å². The Kier molecular flexibility index (Phi) is 6.94. The zero-order valence-electron chi connectivity index (χ0n) is 19.0. The number of aliphatic carboxylic acids is 1. The van der Waals surface area contributed by atoms with Gasteiger partial charge in [-0.2, -0.15) is 0 Å². The molecule has 0 aromatic carbocycles. The molecule has 3 aliphatic heterocycles. The molecule has 0 saturated carbocycles. The Balaban J connectivity index is 1.55. The Morgan fingerprint density at radius 1 is 1.38 bits per heavy atom. The summed E-state index contributed by atoms with van der Waals surface area (Å²) in [5.74, 6) is -1.76. The Hall–Kier alpha value is -2.92. The Bertz CT molecular complexity index is 1020. The molecule has 0 unspecified atom stereocenters. The van der Waals surface area contributed by atoms with E-state index in [4.69, 9.17) is 4.74 Å². The van der Waals surface area contributed by atoms with Gasteiger partial charge >= 0.3 is 12.1 Å². The standard InChI is InChI=1S/C23H28N4O6S/c1-4-8-33-23(32)26-11-15(9-14(26)10-16-24-6-5-7-25-16)34-20-12(2)18-17(13(3)28)21(29)27(18)19(20)22(30)31/h4-7,12-15,17-18,28H,1,8-11H2,2-3H3,(H,30,31)/t12-,13-,14-,15+,17-,18-/m1/s1. The normalized spacial score (nSPS) is 29.0. The highest BCUT2D eigenvalue weighted by Crippen LogP contribution is 2.52. The monoisotopic (exact) mass is 488 g/mol. The van der Waals surface area contributed by atoms with Gasteiger partial charge in [-0.1, -0.05) is 19.6 Å². The number of β-lactam (4-membered cyclic amide) rings is 1. The molecule has 182 valence electrons. The lowest BCUT2D eigenvalue weighted by Gasteiger charge is -2.46. The van der Waals surface area contributed by atoms with Gasteiger partial charge in [0, 0.05) is 47.5 Å². The van der Waals surface area contributed by atoms with E-state index in [-0.39, 0.29) is 41.5 Å². The number of hydrogen-bond acceptors (Lipinski definition) is 8. The molecule has 10 nitrogen and oxygen atoms in total. The summed E-state index contributed by atoms with van der Waals surface area (Å²) in [6.45, 7) is 7.47. The third-order valence-electron chi connectivity index (χ3n) is 6.58. The molecule has 2 N–H and O–H groups in total. The third kappa shape index (κ3) is 4.29. The molecule has 4 rings (SSSR count). The van der Waals surface area contributed by atoms with Gasteiger partial charge in [-0.25, -0.2) is 19.6 Å². The van der Waals surface area contributed by atoms with Gasteiger partial charge < -0.3 is 24.7 Å². The van der Waals surface area contributed by atoms with Crippen molar-refractivity contribution in [1.82, 2.24) is 19.8 Å². The van der Waals surface area contributed by atoms with Gasteiger partial charge in [-0.05, 0) is 19.4 Å². The van der Waals surface area contributed by atoms with E-state index in [2.05, 4.69) is 16.5 Å². The van der Waals surface area contributed by atoms with E-state index in [9.17, 15) is 24.6 Å². The fourth-order valence-electron chi connectivity index (χ4n) is 5.09. The topological polar surface area (TPSA) is 133 Å². The minimum atomic E-state index is -1.16. The lowest BCUT2D eigenvalue weighted by atomic mass is 9.79. The number of hydrogen-bond donors (Lipinski definition) is 2. The molecular formula is C23H28N4O6S. The number of amides is 2. The number of likely N-dealkylation sites (tertiary alicyclic amines) is 1. The minimum Gasteiger partial charge on any atom is -0.477 e. The second-order valence-electron chi connectivity index (χ2n) is 8.79. The van der Waals surface area contributed by atoms with Crippen molar-refractivity contribution in [3.63, 3.8) is 0 Å². The number of aliphatic hydroxyl groups is 1. The first kappa shape index (κ1) is 24.2. The maximum Gasteiger partial charge on any atom is 0.410 e. The first-order valence-electron chi connectivity index (χ1n) is 11.2. The zero-order valence-corrected chi connectivity index (χ0v) is 19.9. The average molecular weight is 489 g/mol. The van der Waals surface area contributed by atoms with E-state index in [0.717, 1.165) is 0 Å². The number of ether oxygens (including phenoxy) is 1. The Labute approximate surface area is 201 Å². The molecule has 4 heterocycles. The number of thioether (sulfide) groups is 1. The molecule has 0 bridgehead atoms. The van der Waals surface area contributed by atoms with Crippen LogP contribution in [0.5, 0.6) is 0 Å². The lowest BCUT2D eigenvalue weighted by molar-refractivity contribution is -0.163. The first-order valence-corrected chi connectivity index (χ1v) is 12.1. The van der Waals surface area contributed by atoms with Crippen molar-refractivity contribution in [2.45, 2.75) is 50.1 Å². The number of carbonyl (C=O) groups is 3. The highest BCUT2D eigenvalue weighted by atomic mass is 32.2. The quantitative estimate of drug-likeness (QED) is 0.414. The van der Waals surface area contributed by atoms with Crippen molar-refractivity contribution in [3.05, 3.63) is 47.5 Å². The largest absolute Gasteiger partial charge is 0.477 e. The molecule has 0 spiro atoms. The predicted octanol–water partition coefficient (Wildman–Crippen LogP) is 1.67. The van der Waals surface area contributed by atoms with E-state index in [0.29, 0.717) is 30.1 Å². The maximum absolute atomic E-state index is 12.7.